The SMILES string of the molecule is N#Cc1ccc([C@H](O)CN2CCN(c3ccc(C(N)=O)cc3Cl)[C@H](c3ccccc3)C2)cc1. The zero-order valence-electron chi connectivity index (χ0n) is 18.1. The summed E-state index contributed by atoms with van der Waals surface area (Å²) in [5.74, 6) is -0.510. The molecule has 33 heavy (non-hydrogen) atoms. The Kier molecular flexibility index (Phi) is 6.95. The van der Waals surface area contributed by atoms with Crippen molar-refractivity contribution in [3.05, 3.63) is 100 Å². The summed E-state index contributed by atoms with van der Waals surface area (Å²) >= 11 is 6.56. The summed E-state index contributed by atoms with van der Waals surface area (Å²) in [5, 5.41) is 20.3. The van der Waals surface area contributed by atoms with Crippen LogP contribution in [0.1, 0.15) is 39.2 Å². The first kappa shape index (κ1) is 22.8. The topological polar surface area (TPSA) is 93.6 Å². The fraction of sp³-hybridized carbons (Fsp3) is 0.231. The van der Waals surface area contributed by atoms with Gasteiger partial charge in [0.05, 0.1) is 34.5 Å². The lowest BCUT2D eigenvalue weighted by Crippen LogP contribution is -2.49. The first-order chi connectivity index (χ1) is 16.0. The van der Waals surface area contributed by atoms with Crippen LogP contribution in [0, 0.1) is 11.3 Å². The van der Waals surface area contributed by atoms with E-state index in [0.29, 0.717) is 35.8 Å². The summed E-state index contributed by atoms with van der Waals surface area (Å²) in [7, 11) is 0. The molecule has 2 atom stereocenters. The molecular weight excluding hydrogens is 436 g/mol. The Labute approximate surface area is 198 Å². The van der Waals surface area contributed by atoms with Gasteiger partial charge in [0, 0.05) is 31.7 Å². The molecule has 0 aromatic heterocycles. The van der Waals surface area contributed by atoms with Crippen LogP contribution in [0.2, 0.25) is 5.02 Å². The highest BCUT2D eigenvalue weighted by molar-refractivity contribution is 6.33. The molecule has 0 unspecified atom stereocenters. The van der Waals surface area contributed by atoms with Gasteiger partial charge in [-0.2, -0.15) is 5.26 Å². The van der Waals surface area contributed by atoms with Crippen LogP contribution in [-0.2, 0) is 0 Å². The molecule has 6 nitrogen and oxygen atoms in total. The van der Waals surface area contributed by atoms with Crippen molar-refractivity contribution in [2.24, 2.45) is 5.73 Å². The number of carbonyl (C=O) groups is 1. The van der Waals surface area contributed by atoms with E-state index >= 15 is 0 Å². The van der Waals surface area contributed by atoms with Crippen molar-refractivity contribution in [2.75, 3.05) is 31.1 Å². The Morgan fingerprint density at radius 3 is 2.48 bits per heavy atom. The van der Waals surface area contributed by atoms with Gasteiger partial charge < -0.3 is 15.7 Å². The van der Waals surface area contributed by atoms with E-state index in [1.165, 1.54) is 0 Å². The van der Waals surface area contributed by atoms with Gasteiger partial charge >= 0.3 is 0 Å². The highest BCUT2D eigenvalue weighted by Crippen LogP contribution is 2.36. The van der Waals surface area contributed by atoms with Crippen molar-refractivity contribution in [1.29, 1.82) is 5.26 Å². The molecule has 1 amide bonds. The molecule has 3 aromatic rings. The lowest BCUT2D eigenvalue weighted by molar-refractivity contribution is 0.0999. The van der Waals surface area contributed by atoms with E-state index in [9.17, 15) is 9.90 Å². The normalized spacial score (nSPS) is 17.4. The van der Waals surface area contributed by atoms with Crippen molar-refractivity contribution in [2.45, 2.75) is 12.1 Å². The predicted molar refractivity (Wildman–Crippen MR) is 129 cm³/mol. The molecule has 0 spiro atoms. The number of halogens is 1. The summed E-state index contributed by atoms with van der Waals surface area (Å²) in [6, 6.07) is 24.5. The number of aliphatic hydroxyl groups is 1. The largest absolute Gasteiger partial charge is 0.387 e. The molecule has 168 valence electrons. The van der Waals surface area contributed by atoms with Gasteiger partial charge in [0.1, 0.15) is 0 Å². The van der Waals surface area contributed by atoms with Gasteiger partial charge in [-0.05, 0) is 41.5 Å². The standard InChI is InChI=1S/C26H25ClN4O2/c27-22-14-21(26(29)33)10-11-23(22)31-13-12-30(16-24(31)19-4-2-1-3-5-19)17-25(32)20-8-6-18(15-28)7-9-20/h1-11,14,24-25,32H,12-13,16-17H2,(H2,29,33)/t24-,25+/m0/s1. The molecule has 1 aliphatic heterocycles. The molecule has 0 bridgehead atoms. The van der Waals surface area contributed by atoms with Crippen molar-refractivity contribution in [3.63, 3.8) is 0 Å². The highest BCUT2D eigenvalue weighted by atomic mass is 35.5. The van der Waals surface area contributed by atoms with Crippen LogP contribution in [0.15, 0.2) is 72.8 Å². The fourth-order valence-electron chi connectivity index (χ4n) is 4.28. The van der Waals surface area contributed by atoms with E-state index in [1.807, 2.05) is 24.3 Å². The second-order valence-electron chi connectivity index (χ2n) is 8.16. The molecule has 1 aliphatic rings. The molecule has 7 heteroatoms. The van der Waals surface area contributed by atoms with Crippen molar-refractivity contribution in [1.82, 2.24) is 4.90 Å². The zero-order valence-corrected chi connectivity index (χ0v) is 18.8. The van der Waals surface area contributed by atoms with Crippen LogP contribution >= 0.6 is 11.6 Å². The van der Waals surface area contributed by atoms with E-state index in [4.69, 9.17) is 22.6 Å². The van der Waals surface area contributed by atoms with Crippen molar-refractivity contribution >= 4 is 23.2 Å². The smallest absolute Gasteiger partial charge is 0.248 e. The number of benzene rings is 3. The van der Waals surface area contributed by atoms with Gasteiger partial charge in [-0.3, -0.25) is 9.69 Å². The molecule has 1 heterocycles. The molecule has 1 saturated heterocycles. The van der Waals surface area contributed by atoms with Gasteiger partial charge in [0.15, 0.2) is 0 Å². The first-order valence-corrected chi connectivity index (χ1v) is 11.2. The van der Waals surface area contributed by atoms with Gasteiger partial charge in [-0.25, -0.2) is 0 Å². The van der Waals surface area contributed by atoms with E-state index in [1.54, 1.807) is 36.4 Å². The maximum absolute atomic E-state index is 11.5. The van der Waals surface area contributed by atoms with Gasteiger partial charge in [-0.1, -0.05) is 54.1 Å². The Balaban J connectivity index is 1.56. The summed E-state index contributed by atoms with van der Waals surface area (Å²) in [6.07, 6.45) is -0.654. The third-order valence-electron chi connectivity index (χ3n) is 6.05. The second kappa shape index (κ2) is 10.1. The number of nitrogens with zero attached hydrogens (tertiary/aromatic N) is 3. The number of primary amides is 1. The van der Waals surface area contributed by atoms with E-state index in [0.717, 1.165) is 23.4 Å². The minimum atomic E-state index is -0.654. The third kappa shape index (κ3) is 5.18. The number of nitrogens with two attached hydrogens (primary N) is 1. The monoisotopic (exact) mass is 460 g/mol. The van der Waals surface area contributed by atoms with E-state index in [2.05, 4.69) is 28.0 Å². The van der Waals surface area contributed by atoms with Crippen molar-refractivity contribution < 1.29 is 9.90 Å². The maximum Gasteiger partial charge on any atom is 0.248 e. The van der Waals surface area contributed by atoms with Gasteiger partial charge in [0.25, 0.3) is 0 Å². The molecule has 0 saturated carbocycles. The van der Waals surface area contributed by atoms with E-state index < -0.39 is 12.0 Å². The molecule has 3 N–H and O–H groups in total. The van der Waals surface area contributed by atoms with Crippen LogP contribution in [0.4, 0.5) is 5.69 Å². The van der Waals surface area contributed by atoms with Crippen molar-refractivity contribution in [3.8, 4) is 6.07 Å². The van der Waals surface area contributed by atoms with Crippen LogP contribution in [-0.4, -0.2) is 42.1 Å². The first-order valence-electron chi connectivity index (χ1n) is 10.8. The summed E-state index contributed by atoms with van der Waals surface area (Å²) in [5.41, 5.74) is 9.13. The molecule has 0 radical (unpaired) electrons. The minimum Gasteiger partial charge on any atom is -0.387 e. The second-order valence-corrected chi connectivity index (χ2v) is 8.57. The predicted octanol–water partition coefficient (Wildman–Crippen LogP) is 3.91. The zero-order chi connectivity index (χ0) is 23.4. The lowest BCUT2D eigenvalue weighted by Gasteiger charge is -2.44. The minimum absolute atomic E-state index is 0.0186. The Morgan fingerprint density at radius 2 is 1.85 bits per heavy atom. The number of rotatable bonds is 6. The Hall–Kier alpha value is -3.37. The maximum atomic E-state index is 11.5. The summed E-state index contributed by atoms with van der Waals surface area (Å²) < 4.78 is 0. The molecular formula is C26H25ClN4O2. The molecule has 1 fully saturated rings. The summed E-state index contributed by atoms with van der Waals surface area (Å²) in [6.45, 7) is 2.63. The number of nitriles is 1. The van der Waals surface area contributed by atoms with Crippen LogP contribution in [0.5, 0.6) is 0 Å². The average molecular weight is 461 g/mol. The third-order valence-corrected chi connectivity index (χ3v) is 6.35. The number of carbonyl (C=O) groups excluding carboxylic acids is 1. The highest BCUT2D eigenvalue weighted by Gasteiger charge is 2.30. The Morgan fingerprint density at radius 1 is 1.12 bits per heavy atom. The van der Waals surface area contributed by atoms with Crippen LogP contribution in [0.3, 0.4) is 0 Å². The number of β-amino-alcohol motifs (C(OH)–C–C–N with tert-alkyl or cyclic N) is 1. The quantitative estimate of drug-likeness (QED) is 0.581. The number of amides is 1. The molecule has 0 aliphatic carbocycles. The summed E-state index contributed by atoms with van der Waals surface area (Å²) in [4.78, 5) is 16.0. The molecule has 3 aromatic carbocycles. The van der Waals surface area contributed by atoms with Crippen LogP contribution in [0.25, 0.3) is 0 Å². The average Bonchev–Trinajstić information content (AvgIpc) is 2.84. The molecule has 4 rings (SSSR count). The lowest BCUT2D eigenvalue weighted by atomic mass is 10.00. The number of hydrogen-bond donors (Lipinski definition) is 2. The van der Waals surface area contributed by atoms with Gasteiger partial charge in [-0.15, -0.1) is 0 Å². The number of piperazine rings is 1. The van der Waals surface area contributed by atoms with E-state index in [-0.39, 0.29) is 6.04 Å². The fourth-order valence-corrected chi connectivity index (χ4v) is 4.57. The number of anilines is 1. The van der Waals surface area contributed by atoms with Crippen LogP contribution < -0.4 is 10.6 Å². The number of aliphatic hydroxyl groups excluding tert-OH is 1. The van der Waals surface area contributed by atoms with Gasteiger partial charge in [0.2, 0.25) is 5.91 Å². The Bertz CT molecular complexity index is 1160. The number of hydrogen-bond acceptors (Lipinski definition) is 5.